The number of aromatic nitrogens is 2. The lowest BCUT2D eigenvalue weighted by Crippen LogP contribution is -2.27. The van der Waals surface area contributed by atoms with Gasteiger partial charge in [0.2, 0.25) is 5.91 Å². The Morgan fingerprint density at radius 3 is 2.77 bits per heavy atom. The van der Waals surface area contributed by atoms with Crippen LogP contribution >= 0.6 is 11.6 Å². The highest BCUT2D eigenvalue weighted by molar-refractivity contribution is 6.31. The smallest absolute Gasteiger partial charge is 0.271 e. The van der Waals surface area contributed by atoms with Crippen molar-refractivity contribution < 1.29 is 14.1 Å². The molecule has 26 heavy (non-hydrogen) atoms. The lowest BCUT2D eigenvalue weighted by atomic mass is 10.2. The molecule has 0 saturated heterocycles. The number of anilines is 1. The summed E-state index contributed by atoms with van der Waals surface area (Å²) in [7, 11) is 0. The molecule has 1 amide bonds. The molecule has 8 nitrogen and oxygen atoms in total. The third-order valence-electron chi connectivity index (χ3n) is 3.54. The van der Waals surface area contributed by atoms with Crippen LogP contribution in [0.3, 0.4) is 0 Å². The summed E-state index contributed by atoms with van der Waals surface area (Å²) >= 11 is 5.64. The van der Waals surface area contributed by atoms with Crippen molar-refractivity contribution in [2.45, 2.75) is 6.54 Å². The van der Waals surface area contributed by atoms with Gasteiger partial charge < -0.3 is 5.32 Å². The number of fused-ring (bicyclic) bond motifs is 1. The molecule has 0 bridgehead atoms. The quantitative estimate of drug-likeness (QED) is 0.556. The van der Waals surface area contributed by atoms with Crippen LogP contribution in [-0.2, 0) is 11.3 Å². The number of halogens is 2. The maximum absolute atomic E-state index is 13.1. The fourth-order valence-electron chi connectivity index (χ4n) is 2.30. The molecule has 1 heterocycles. The molecule has 0 fully saturated rings. The van der Waals surface area contributed by atoms with Gasteiger partial charge in [0.1, 0.15) is 12.4 Å². The van der Waals surface area contributed by atoms with E-state index < -0.39 is 22.2 Å². The Kier molecular flexibility index (Phi) is 4.63. The fraction of sp³-hybridized carbons (Fsp3) is 0.0625. The number of amides is 1. The summed E-state index contributed by atoms with van der Waals surface area (Å²) in [6.45, 7) is -0.340. The van der Waals surface area contributed by atoms with E-state index >= 15 is 0 Å². The van der Waals surface area contributed by atoms with Crippen molar-refractivity contribution in [3.63, 3.8) is 0 Å². The molecule has 0 spiro atoms. The van der Waals surface area contributed by atoms with Crippen LogP contribution in [0.1, 0.15) is 0 Å². The third kappa shape index (κ3) is 3.52. The van der Waals surface area contributed by atoms with Gasteiger partial charge in [0, 0.05) is 17.8 Å². The molecule has 132 valence electrons. The Balaban J connectivity index is 1.84. The van der Waals surface area contributed by atoms with Crippen LogP contribution in [-0.4, -0.2) is 20.4 Å². The fourth-order valence-corrected chi connectivity index (χ4v) is 2.48. The molecule has 3 aromatic rings. The summed E-state index contributed by atoms with van der Waals surface area (Å²) < 4.78 is 14.2. The van der Waals surface area contributed by atoms with E-state index in [1.807, 2.05) is 0 Å². The first-order chi connectivity index (χ1) is 12.3. The Bertz CT molecular complexity index is 1100. The minimum atomic E-state index is -0.617. The van der Waals surface area contributed by atoms with Crippen molar-refractivity contribution >= 4 is 39.8 Å². The molecule has 3 rings (SSSR count). The molecule has 0 atom stereocenters. The number of carbonyl (C=O) groups excluding carboxylic acids is 1. The largest absolute Gasteiger partial charge is 0.324 e. The highest BCUT2D eigenvalue weighted by Crippen LogP contribution is 2.19. The molecule has 0 unspecified atom stereocenters. The van der Waals surface area contributed by atoms with Crippen molar-refractivity contribution in [3.8, 4) is 0 Å². The number of non-ortho nitro benzene ring substituents is 1. The number of nitrogens with zero attached hydrogens (tertiary/aromatic N) is 3. The van der Waals surface area contributed by atoms with E-state index in [1.54, 1.807) is 0 Å². The first-order valence-electron chi connectivity index (χ1n) is 7.23. The van der Waals surface area contributed by atoms with E-state index in [0.29, 0.717) is 0 Å². The minimum absolute atomic E-state index is 0.145. The molecule has 0 radical (unpaired) electrons. The van der Waals surface area contributed by atoms with Crippen molar-refractivity contribution in [1.82, 2.24) is 9.55 Å². The van der Waals surface area contributed by atoms with Crippen molar-refractivity contribution in [2.75, 3.05) is 5.32 Å². The number of carbonyl (C=O) groups is 1. The zero-order chi connectivity index (χ0) is 18.8. The maximum atomic E-state index is 13.1. The lowest BCUT2D eigenvalue weighted by Gasteiger charge is -2.08. The van der Waals surface area contributed by atoms with Gasteiger partial charge in [-0.25, -0.2) is 9.37 Å². The summed E-state index contributed by atoms with van der Waals surface area (Å²) in [5, 5.41) is 13.3. The first kappa shape index (κ1) is 17.5. The van der Waals surface area contributed by atoms with E-state index in [9.17, 15) is 24.1 Å². The van der Waals surface area contributed by atoms with Gasteiger partial charge >= 0.3 is 0 Å². The van der Waals surface area contributed by atoms with Crippen LogP contribution in [0.5, 0.6) is 0 Å². The van der Waals surface area contributed by atoms with E-state index in [0.717, 1.165) is 17.0 Å². The lowest BCUT2D eigenvalue weighted by molar-refractivity contribution is -0.384. The molecule has 0 saturated carbocycles. The van der Waals surface area contributed by atoms with Gasteiger partial charge in [-0.2, -0.15) is 0 Å². The van der Waals surface area contributed by atoms with Gasteiger partial charge in [-0.3, -0.25) is 24.3 Å². The van der Waals surface area contributed by atoms with E-state index in [4.69, 9.17) is 11.6 Å². The number of rotatable bonds is 4. The van der Waals surface area contributed by atoms with Crippen molar-refractivity contribution in [1.29, 1.82) is 0 Å². The van der Waals surface area contributed by atoms with Crippen LogP contribution in [0.4, 0.5) is 15.8 Å². The molecule has 1 aromatic heterocycles. The highest BCUT2D eigenvalue weighted by atomic mass is 35.5. The number of nitro groups is 1. The second-order valence-corrected chi connectivity index (χ2v) is 5.72. The summed E-state index contributed by atoms with van der Waals surface area (Å²) in [5.74, 6) is -1.16. The second-order valence-electron chi connectivity index (χ2n) is 5.31. The van der Waals surface area contributed by atoms with Gasteiger partial charge in [-0.1, -0.05) is 11.6 Å². The van der Waals surface area contributed by atoms with Crippen LogP contribution < -0.4 is 10.9 Å². The number of nitrogens with one attached hydrogen (secondary N) is 1. The van der Waals surface area contributed by atoms with Gasteiger partial charge in [-0.15, -0.1) is 0 Å². The maximum Gasteiger partial charge on any atom is 0.271 e. The zero-order valence-electron chi connectivity index (χ0n) is 13.0. The number of nitro benzene ring substituents is 1. The van der Waals surface area contributed by atoms with E-state index in [2.05, 4.69) is 10.3 Å². The van der Waals surface area contributed by atoms with Crippen molar-refractivity contribution in [2.24, 2.45) is 0 Å². The minimum Gasteiger partial charge on any atom is -0.324 e. The van der Waals surface area contributed by atoms with Gasteiger partial charge in [0.15, 0.2) is 0 Å². The van der Waals surface area contributed by atoms with Gasteiger partial charge in [-0.05, 0) is 24.3 Å². The van der Waals surface area contributed by atoms with Crippen LogP contribution in [0.25, 0.3) is 10.9 Å². The monoisotopic (exact) mass is 376 g/mol. The summed E-state index contributed by atoms with van der Waals surface area (Å²) in [6, 6.07) is 7.35. The van der Waals surface area contributed by atoms with Crippen LogP contribution in [0.15, 0.2) is 47.5 Å². The van der Waals surface area contributed by atoms with Gasteiger partial charge in [0.05, 0.1) is 27.2 Å². The molecule has 0 aliphatic rings. The Labute approximate surface area is 150 Å². The van der Waals surface area contributed by atoms with Crippen molar-refractivity contribution in [3.05, 3.63) is 74.0 Å². The van der Waals surface area contributed by atoms with Gasteiger partial charge in [0.25, 0.3) is 11.2 Å². The predicted octanol–water partition coefficient (Wildman–Crippen LogP) is 2.74. The standard InChI is InChI=1S/C16H10ClFN4O4/c17-12-5-9(1-4-13(12)18)20-15(23)7-21-8-19-14-6-10(22(25)26)2-3-11(14)16(21)24/h1-6,8H,7H2,(H,20,23). The molecular weight excluding hydrogens is 367 g/mol. The Hall–Kier alpha value is -3.33. The highest BCUT2D eigenvalue weighted by Gasteiger charge is 2.12. The Morgan fingerprint density at radius 1 is 1.31 bits per heavy atom. The van der Waals surface area contributed by atoms with E-state index in [1.165, 1.54) is 30.3 Å². The molecular formula is C16H10ClFN4O4. The second kappa shape index (κ2) is 6.89. The molecule has 1 N–H and O–H groups in total. The van der Waals surface area contributed by atoms with Crippen LogP contribution in [0.2, 0.25) is 5.02 Å². The third-order valence-corrected chi connectivity index (χ3v) is 3.83. The molecule has 0 aliphatic carbocycles. The number of benzene rings is 2. The first-order valence-corrected chi connectivity index (χ1v) is 7.61. The Morgan fingerprint density at radius 2 is 2.08 bits per heavy atom. The average Bonchev–Trinajstić information content (AvgIpc) is 2.60. The normalized spacial score (nSPS) is 10.7. The summed E-state index contributed by atoms with van der Waals surface area (Å²) in [6.07, 6.45) is 1.13. The SMILES string of the molecule is O=C(Cn1cnc2cc([N+](=O)[O-])ccc2c1=O)Nc1ccc(F)c(Cl)c1. The zero-order valence-corrected chi connectivity index (χ0v) is 13.7. The summed E-state index contributed by atoms with van der Waals surface area (Å²) in [4.78, 5) is 38.6. The number of hydrogen-bond donors (Lipinski definition) is 1. The molecule has 10 heteroatoms. The number of hydrogen-bond acceptors (Lipinski definition) is 5. The van der Waals surface area contributed by atoms with Crippen LogP contribution in [0, 0.1) is 15.9 Å². The predicted molar refractivity (Wildman–Crippen MR) is 92.7 cm³/mol. The molecule has 0 aliphatic heterocycles. The topological polar surface area (TPSA) is 107 Å². The van der Waals surface area contributed by atoms with E-state index in [-0.39, 0.29) is 33.8 Å². The summed E-state index contributed by atoms with van der Waals surface area (Å²) in [5.41, 5.74) is -0.268. The average molecular weight is 377 g/mol. The molecule has 2 aromatic carbocycles.